The summed E-state index contributed by atoms with van der Waals surface area (Å²) in [6.45, 7) is 4.08. The Morgan fingerprint density at radius 3 is 2.24 bits per heavy atom. The first-order chi connectivity index (χ1) is 14.1. The smallest absolute Gasteiger partial charge is 0.260 e. The summed E-state index contributed by atoms with van der Waals surface area (Å²) in [5.74, 6) is 2.96. The molecule has 0 bridgehead atoms. The summed E-state index contributed by atoms with van der Waals surface area (Å²) in [5.41, 5.74) is 1.12. The quantitative estimate of drug-likeness (QED) is 0.716. The lowest BCUT2D eigenvalue weighted by Gasteiger charge is -2.32. The maximum atomic E-state index is 12.5. The molecule has 7 nitrogen and oxygen atoms in total. The molecule has 1 aliphatic heterocycles. The molecule has 1 amide bonds. The molecule has 0 spiro atoms. The summed E-state index contributed by atoms with van der Waals surface area (Å²) in [6, 6.07) is 13.2. The van der Waals surface area contributed by atoms with Gasteiger partial charge in [-0.2, -0.15) is 0 Å². The van der Waals surface area contributed by atoms with Gasteiger partial charge in [-0.05, 0) is 36.4 Å². The molecule has 7 heteroatoms. The number of piperazine rings is 1. The molecule has 29 heavy (non-hydrogen) atoms. The fourth-order valence-corrected chi connectivity index (χ4v) is 3.52. The maximum absolute atomic E-state index is 12.5. The highest BCUT2D eigenvalue weighted by molar-refractivity contribution is 5.77. The van der Waals surface area contributed by atoms with Gasteiger partial charge in [0.15, 0.2) is 18.1 Å². The fourth-order valence-electron chi connectivity index (χ4n) is 3.52. The summed E-state index contributed by atoms with van der Waals surface area (Å²) in [4.78, 5) is 15.8. The van der Waals surface area contributed by atoms with Gasteiger partial charge in [0.05, 0.1) is 53.1 Å². The van der Waals surface area contributed by atoms with E-state index < -0.39 is 0 Å². The SMILES string of the molecule is COc1ccc(OCC(=O)N2CC[NH+](Cc3cccc(OC)c3OC)CC2)cc1. The molecule has 0 saturated carbocycles. The predicted molar refractivity (Wildman–Crippen MR) is 109 cm³/mol. The minimum absolute atomic E-state index is 0.0128. The molecule has 2 aromatic carbocycles. The van der Waals surface area contributed by atoms with E-state index in [1.165, 1.54) is 4.90 Å². The van der Waals surface area contributed by atoms with E-state index >= 15 is 0 Å². The first-order valence-corrected chi connectivity index (χ1v) is 9.72. The lowest BCUT2D eigenvalue weighted by atomic mass is 10.1. The molecular weight excluding hydrogens is 372 g/mol. The predicted octanol–water partition coefficient (Wildman–Crippen LogP) is 1.02. The summed E-state index contributed by atoms with van der Waals surface area (Å²) in [6.07, 6.45) is 0. The van der Waals surface area contributed by atoms with Crippen molar-refractivity contribution in [2.24, 2.45) is 0 Å². The Kier molecular flexibility index (Phi) is 7.19. The van der Waals surface area contributed by atoms with Gasteiger partial charge in [-0.15, -0.1) is 0 Å². The van der Waals surface area contributed by atoms with E-state index in [1.54, 1.807) is 33.5 Å². The number of amides is 1. The number of rotatable bonds is 8. The van der Waals surface area contributed by atoms with Gasteiger partial charge in [0.25, 0.3) is 5.91 Å². The number of carbonyl (C=O) groups excluding carboxylic acids is 1. The lowest BCUT2D eigenvalue weighted by molar-refractivity contribution is -0.917. The van der Waals surface area contributed by atoms with Crippen LogP contribution in [0.4, 0.5) is 0 Å². The van der Waals surface area contributed by atoms with Crippen LogP contribution in [0.25, 0.3) is 0 Å². The van der Waals surface area contributed by atoms with Crippen LogP contribution in [0, 0.1) is 0 Å². The number of methoxy groups -OCH3 is 3. The number of hydrogen-bond acceptors (Lipinski definition) is 5. The van der Waals surface area contributed by atoms with Gasteiger partial charge in [-0.3, -0.25) is 4.79 Å². The van der Waals surface area contributed by atoms with E-state index in [0.29, 0.717) is 18.8 Å². The summed E-state index contributed by atoms with van der Waals surface area (Å²) in [5, 5.41) is 0. The van der Waals surface area contributed by atoms with Crippen LogP contribution in [0.5, 0.6) is 23.0 Å². The van der Waals surface area contributed by atoms with Crippen LogP contribution >= 0.6 is 0 Å². The van der Waals surface area contributed by atoms with E-state index in [-0.39, 0.29) is 12.5 Å². The molecule has 0 aromatic heterocycles. The number of para-hydroxylation sites is 1. The Morgan fingerprint density at radius 1 is 0.931 bits per heavy atom. The minimum atomic E-state index is 0.0128. The number of benzene rings is 2. The van der Waals surface area contributed by atoms with E-state index in [1.807, 2.05) is 29.2 Å². The molecule has 3 rings (SSSR count). The molecule has 1 saturated heterocycles. The van der Waals surface area contributed by atoms with Gasteiger partial charge in [-0.25, -0.2) is 0 Å². The topological polar surface area (TPSA) is 61.7 Å². The van der Waals surface area contributed by atoms with E-state index in [2.05, 4.69) is 6.07 Å². The van der Waals surface area contributed by atoms with Crippen molar-refractivity contribution in [2.75, 3.05) is 54.1 Å². The molecule has 156 valence electrons. The van der Waals surface area contributed by atoms with Crippen LogP contribution in [0.2, 0.25) is 0 Å². The first kappa shape index (κ1) is 20.8. The zero-order valence-corrected chi connectivity index (χ0v) is 17.3. The molecule has 2 aromatic rings. The normalized spacial score (nSPS) is 14.4. The van der Waals surface area contributed by atoms with Crippen LogP contribution < -0.4 is 23.8 Å². The highest BCUT2D eigenvalue weighted by atomic mass is 16.5. The molecule has 1 N–H and O–H groups in total. The number of hydrogen-bond donors (Lipinski definition) is 1. The third-order valence-electron chi connectivity index (χ3n) is 5.17. The van der Waals surface area contributed by atoms with Crippen molar-refractivity contribution in [3.05, 3.63) is 48.0 Å². The van der Waals surface area contributed by atoms with Crippen LogP contribution in [-0.4, -0.2) is 64.9 Å². The molecule has 0 radical (unpaired) electrons. The number of nitrogens with zero attached hydrogens (tertiary/aromatic N) is 1. The van der Waals surface area contributed by atoms with Gasteiger partial charge in [0.2, 0.25) is 0 Å². The third-order valence-corrected chi connectivity index (χ3v) is 5.17. The zero-order valence-electron chi connectivity index (χ0n) is 17.3. The van der Waals surface area contributed by atoms with Gasteiger partial charge >= 0.3 is 0 Å². The van der Waals surface area contributed by atoms with Crippen LogP contribution in [0.3, 0.4) is 0 Å². The molecular formula is C22H29N2O5+. The van der Waals surface area contributed by atoms with Crippen LogP contribution in [-0.2, 0) is 11.3 Å². The molecule has 0 atom stereocenters. The zero-order chi connectivity index (χ0) is 20.6. The number of quaternary nitrogens is 1. The molecule has 1 heterocycles. The van der Waals surface area contributed by atoms with Gasteiger partial charge < -0.3 is 28.7 Å². The maximum Gasteiger partial charge on any atom is 0.260 e. The third kappa shape index (κ3) is 5.32. The van der Waals surface area contributed by atoms with Crippen molar-refractivity contribution in [3.8, 4) is 23.0 Å². The van der Waals surface area contributed by atoms with Crippen molar-refractivity contribution < 1.29 is 28.6 Å². The Bertz CT molecular complexity index is 801. The standard InChI is InChI=1S/C22H28N2O5/c1-26-18-7-9-19(10-8-18)29-16-21(25)24-13-11-23(12-14-24)15-17-5-4-6-20(27-2)22(17)28-3/h4-10H,11-16H2,1-3H3/p+1. The summed E-state index contributed by atoms with van der Waals surface area (Å²) >= 11 is 0. The number of nitrogens with one attached hydrogen (secondary N) is 1. The Morgan fingerprint density at radius 2 is 1.62 bits per heavy atom. The Labute approximate surface area is 171 Å². The first-order valence-electron chi connectivity index (χ1n) is 9.72. The molecule has 1 aliphatic rings. The van der Waals surface area contributed by atoms with Gasteiger partial charge in [0, 0.05) is 0 Å². The molecule has 0 aliphatic carbocycles. The highest BCUT2D eigenvalue weighted by Gasteiger charge is 2.25. The average Bonchev–Trinajstić information content (AvgIpc) is 2.78. The van der Waals surface area contributed by atoms with Crippen LogP contribution in [0.1, 0.15) is 5.56 Å². The van der Waals surface area contributed by atoms with Gasteiger partial charge in [-0.1, -0.05) is 6.07 Å². The van der Waals surface area contributed by atoms with Crippen molar-refractivity contribution >= 4 is 5.91 Å². The summed E-state index contributed by atoms with van der Waals surface area (Å²) < 4.78 is 21.6. The minimum Gasteiger partial charge on any atom is -0.497 e. The Balaban J connectivity index is 1.48. The Hall–Kier alpha value is -2.93. The van der Waals surface area contributed by atoms with Crippen molar-refractivity contribution in [1.82, 2.24) is 4.90 Å². The second kappa shape index (κ2) is 10.0. The average molecular weight is 401 g/mol. The summed E-state index contributed by atoms with van der Waals surface area (Å²) in [7, 11) is 4.92. The fraction of sp³-hybridized carbons (Fsp3) is 0.409. The number of carbonyl (C=O) groups is 1. The highest BCUT2D eigenvalue weighted by Crippen LogP contribution is 2.30. The lowest BCUT2D eigenvalue weighted by Crippen LogP contribution is -3.13. The van der Waals surface area contributed by atoms with Gasteiger partial charge in [0.1, 0.15) is 18.0 Å². The molecule has 1 fully saturated rings. The second-order valence-corrected chi connectivity index (χ2v) is 6.92. The van der Waals surface area contributed by atoms with Crippen LogP contribution in [0.15, 0.2) is 42.5 Å². The van der Waals surface area contributed by atoms with E-state index in [9.17, 15) is 4.79 Å². The van der Waals surface area contributed by atoms with Crippen molar-refractivity contribution in [2.45, 2.75) is 6.54 Å². The van der Waals surface area contributed by atoms with E-state index in [4.69, 9.17) is 18.9 Å². The largest absolute Gasteiger partial charge is 0.497 e. The van der Waals surface area contributed by atoms with Crippen molar-refractivity contribution in [3.63, 3.8) is 0 Å². The van der Waals surface area contributed by atoms with Crippen molar-refractivity contribution in [1.29, 1.82) is 0 Å². The van der Waals surface area contributed by atoms with E-state index in [0.717, 1.165) is 42.4 Å². The number of ether oxygens (including phenoxy) is 4. The molecule has 0 unspecified atom stereocenters. The monoisotopic (exact) mass is 401 g/mol. The second-order valence-electron chi connectivity index (χ2n) is 6.92.